The summed E-state index contributed by atoms with van der Waals surface area (Å²) in [6.07, 6.45) is 9.21. The standard InChI is InChI=1S/C16H20N2O2/c17-13-4-12(15(19)20)8-18-14(13)16-5-9-1-10(6-16)3-11(2-9)7-16/h4,8-11H,1-3,5-7,17H2,(H,19,20). The number of carboxylic acid groups (broad SMARTS) is 1. The van der Waals surface area contributed by atoms with Gasteiger partial charge in [-0.3, -0.25) is 4.98 Å². The second-order valence-electron chi connectivity index (χ2n) is 7.16. The van der Waals surface area contributed by atoms with Gasteiger partial charge in [0.05, 0.1) is 16.9 Å². The van der Waals surface area contributed by atoms with Crippen molar-refractivity contribution in [1.29, 1.82) is 0 Å². The van der Waals surface area contributed by atoms with Gasteiger partial charge in [-0.25, -0.2) is 4.79 Å². The van der Waals surface area contributed by atoms with E-state index in [9.17, 15) is 4.79 Å². The summed E-state index contributed by atoms with van der Waals surface area (Å²) in [7, 11) is 0. The number of hydrogen-bond donors (Lipinski definition) is 2. The zero-order valence-electron chi connectivity index (χ0n) is 11.5. The van der Waals surface area contributed by atoms with Crippen molar-refractivity contribution in [2.45, 2.75) is 43.9 Å². The number of aromatic carboxylic acids is 1. The number of nitrogens with zero attached hydrogens (tertiary/aromatic N) is 1. The van der Waals surface area contributed by atoms with E-state index in [1.807, 2.05) is 0 Å². The fraction of sp³-hybridized carbons (Fsp3) is 0.625. The third kappa shape index (κ3) is 1.67. The highest BCUT2D eigenvalue weighted by Gasteiger charge is 2.52. The van der Waals surface area contributed by atoms with Gasteiger partial charge in [0.1, 0.15) is 0 Å². The van der Waals surface area contributed by atoms with Gasteiger partial charge in [0.15, 0.2) is 0 Å². The summed E-state index contributed by atoms with van der Waals surface area (Å²) < 4.78 is 0. The summed E-state index contributed by atoms with van der Waals surface area (Å²) in [6.45, 7) is 0. The van der Waals surface area contributed by atoms with Crippen molar-refractivity contribution in [1.82, 2.24) is 4.98 Å². The van der Waals surface area contributed by atoms with Gasteiger partial charge < -0.3 is 10.8 Å². The largest absolute Gasteiger partial charge is 0.478 e. The molecule has 20 heavy (non-hydrogen) atoms. The van der Waals surface area contributed by atoms with Crippen LogP contribution in [0.15, 0.2) is 12.3 Å². The molecule has 0 radical (unpaired) electrons. The van der Waals surface area contributed by atoms with E-state index in [1.54, 1.807) is 6.07 Å². The second-order valence-corrected chi connectivity index (χ2v) is 7.16. The van der Waals surface area contributed by atoms with Crippen LogP contribution in [-0.2, 0) is 5.41 Å². The Kier molecular flexibility index (Phi) is 2.41. The average Bonchev–Trinajstić information content (AvgIpc) is 2.36. The zero-order chi connectivity index (χ0) is 13.9. The summed E-state index contributed by atoms with van der Waals surface area (Å²) in [5.41, 5.74) is 8.03. The molecular formula is C16H20N2O2. The SMILES string of the molecule is Nc1cc(C(=O)O)cnc1C12CC3CC(CC(C3)C1)C2. The first-order chi connectivity index (χ1) is 9.56. The summed E-state index contributed by atoms with van der Waals surface area (Å²) in [4.78, 5) is 15.5. The van der Waals surface area contributed by atoms with Gasteiger partial charge in [-0.2, -0.15) is 0 Å². The van der Waals surface area contributed by atoms with E-state index in [-0.39, 0.29) is 11.0 Å². The lowest BCUT2D eigenvalue weighted by molar-refractivity contribution is -0.00684. The van der Waals surface area contributed by atoms with Crippen LogP contribution in [0.5, 0.6) is 0 Å². The summed E-state index contributed by atoms with van der Waals surface area (Å²) in [6, 6.07) is 1.59. The van der Waals surface area contributed by atoms with Crippen molar-refractivity contribution in [2.75, 3.05) is 5.73 Å². The average molecular weight is 272 g/mol. The number of nitrogens with two attached hydrogens (primary N) is 1. The molecular weight excluding hydrogens is 252 g/mol. The van der Waals surface area contributed by atoms with E-state index in [0.717, 1.165) is 23.4 Å². The Balaban J connectivity index is 1.75. The molecule has 4 aliphatic rings. The molecule has 0 aliphatic heterocycles. The van der Waals surface area contributed by atoms with Crippen LogP contribution in [0, 0.1) is 17.8 Å². The van der Waals surface area contributed by atoms with Gasteiger partial charge in [0.25, 0.3) is 0 Å². The highest BCUT2D eigenvalue weighted by atomic mass is 16.4. The van der Waals surface area contributed by atoms with Crippen LogP contribution in [0.4, 0.5) is 5.69 Å². The Bertz CT molecular complexity index is 547. The topological polar surface area (TPSA) is 76.2 Å². The lowest BCUT2D eigenvalue weighted by Gasteiger charge is -2.56. The molecule has 1 aromatic rings. The predicted octanol–water partition coefficient (Wildman–Crippen LogP) is 2.83. The number of anilines is 1. The Morgan fingerprint density at radius 2 is 1.75 bits per heavy atom. The van der Waals surface area contributed by atoms with Gasteiger partial charge in [0.2, 0.25) is 0 Å². The van der Waals surface area contributed by atoms with Gasteiger partial charge in [0, 0.05) is 11.6 Å². The molecule has 4 aliphatic carbocycles. The molecule has 0 saturated heterocycles. The van der Waals surface area contributed by atoms with E-state index in [4.69, 9.17) is 10.8 Å². The van der Waals surface area contributed by atoms with Crippen molar-refractivity contribution in [3.05, 3.63) is 23.5 Å². The van der Waals surface area contributed by atoms with Gasteiger partial charge in [-0.15, -0.1) is 0 Å². The van der Waals surface area contributed by atoms with Crippen LogP contribution in [0.25, 0.3) is 0 Å². The lowest BCUT2D eigenvalue weighted by atomic mass is 9.48. The Labute approximate surface area is 118 Å². The second kappa shape index (κ2) is 3.96. The highest BCUT2D eigenvalue weighted by Crippen LogP contribution is 2.61. The van der Waals surface area contributed by atoms with Crippen LogP contribution in [0.3, 0.4) is 0 Å². The molecule has 0 aromatic carbocycles. The Hall–Kier alpha value is -1.58. The minimum absolute atomic E-state index is 0.135. The molecule has 4 nitrogen and oxygen atoms in total. The molecule has 4 saturated carbocycles. The predicted molar refractivity (Wildman–Crippen MR) is 75.5 cm³/mol. The first-order valence-electron chi connectivity index (χ1n) is 7.55. The van der Waals surface area contributed by atoms with Gasteiger partial charge >= 0.3 is 5.97 Å². The molecule has 0 spiro atoms. The van der Waals surface area contributed by atoms with E-state index in [0.29, 0.717) is 5.69 Å². The minimum Gasteiger partial charge on any atom is -0.478 e. The molecule has 4 fully saturated rings. The quantitative estimate of drug-likeness (QED) is 0.868. The normalized spacial score (nSPS) is 38.1. The maximum atomic E-state index is 11.0. The van der Waals surface area contributed by atoms with Crippen molar-refractivity contribution in [3.8, 4) is 0 Å². The zero-order valence-corrected chi connectivity index (χ0v) is 11.5. The number of nitrogen functional groups attached to an aromatic ring is 1. The van der Waals surface area contributed by atoms with Crippen LogP contribution in [0.1, 0.15) is 54.6 Å². The molecule has 0 amide bonds. The van der Waals surface area contributed by atoms with E-state index >= 15 is 0 Å². The van der Waals surface area contributed by atoms with Crippen molar-refractivity contribution >= 4 is 11.7 Å². The van der Waals surface area contributed by atoms with Crippen molar-refractivity contribution in [2.24, 2.45) is 17.8 Å². The monoisotopic (exact) mass is 272 g/mol. The Morgan fingerprint density at radius 3 is 2.20 bits per heavy atom. The molecule has 106 valence electrons. The fourth-order valence-corrected chi connectivity index (χ4v) is 5.44. The maximum Gasteiger partial charge on any atom is 0.337 e. The number of aromatic nitrogens is 1. The number of carbonyl (C=O) groups is 1. The van der Waals surface area contributed by atoms with Crippen LogP contribution >= 0.6 is 0 Å². The third-order valence-electron chi connectivity index (χ3n) is 5.70. The van der Waals surface area contributed by atoms with Crippen LogP contribution in [-0.4, -0.2) is 16.1 Å². The lowest BCUT2D eigenvalue weighted by Crippen LogP contribution is -2.49. The number of pyridine rings is 1. The van der Waals surface area contributed by atoms with Crippen molar-refractivity contribution in [3.63, 3.8) is 0 Å². The van der Waals surface area contributed by atoms with E-state index < -0.39 is 5.97 Å². The molecule has 4 bridgehead atoms. The molecule has 0 unspecified atom stereocenters. The first-order valence-corrected chi connectivity index (χ1v) is 7.55. The number of carboxylic acids is 1. The summed E-state index contributed by atoms with van der Waals surface area (Å²) in [5, 5.41) is 9.04. The third-order valence-corrected chi connectivity index (χ3v) is 5.70. The smallest absolute Gasteiger partial charge is 0.337 e. The summed E-state index contributed by atoms with van der Waals surface area (Å²) >= 11 is 0. The minimum atomic E-state index is -0.957. The van der Waals surface area contributed by atoms with Gasteiger partial charge in [-0.1, -0.05) is 0 Å². The van der Waals surface area contributed by atoms with Crippen molar-refractivity contribution < 1.29 is 9.90 Å². The molecule has 4 heteroatoms. The first kappa shape index (κ1) is 12.2. The summed E-state index contributed by atoms with van der Waals surface area (Å²) in [5.74, 6) is 1.55. The molecule has 3 N–H and O–H groups in total. The van der Waals surface area contributed by atoms with E-state index in [2.05, 4.69) is 4.98 Å². The highest BCUT2D eigenvalue weighted by molar-refractivity contribution is 5.88. The molecule has 0 atom stereocenters. The maximum absolute atomic E-state index is 11.0. The van der Waals surface area contributed by atoms with Gasteiger partial charge in [-0.05, 0) is 62.3 Å². The molecule has 1 aromatic heterocycles. The Morgan fingerprint density at radius 1 is 1.20 bits per heavy atom. The number of rotatable bonds is 2. The van der Waals surface area contributed by atoms with E-state index in [1.165, 1.54) is 44.7 Å². The number of hydrogen-bond acceptors (Lipinski definition) is 3. The van der Waals surface area contributed by atoms with Crippen LogP contribution in [0.2, 0.25) is 0 Å². The fourth-order valence-electron chi connectivity index (χ4n) is 5.44. The van der Waals surface area contributed by atoms with Crippen LogP contribution < -0.4 is 5.73 Å². The molecule has 1 heterocycles. The molecule has 5 rings (SSSR count).